The summed E-state index contributed by atoms with van der Waals surface area (Å²) in [5.41, 5.74) is 8.40. The molecule has 1 aromatic heterocycles. The summed E-state index contributed by atoms with van der Waals surface area (Å²) in [4.78, 5) is 17.6. The number of fused-ring (bicyclic) bond motifs is 1. The van der Waals surface area contributed by atoms with Crippen molar-refractivity contribution in [1.82, 2.24) is 15.2 Å². The largest absolute Gasteiger partial charge is 0.388 e. The summed E-state index contributed by atoms with van der Waals surface area (Å²) in [6.07, 6.45) is 1.89. The van der Waals surface area contributed by atoms with Gasteiger partial charge in [-0.2, -0.15) is 0 Å². The Morgan fingerprint density at radius 2 is 1.93 bits per heavy atom. The third-order valence-electron chi connectivity index (χ3n) is 5.93. The highest BCUT2D eigenvalue weighted by molar-refractivity contribution is 6.35. The maximum Gasteiger partial charge on any atom is 0.252 e. The van der Waals surface area contributed by atoms with E-state index in [1.807, 2.05) is 26.0 Å². The lowest BCUT2D eigenvalue weighted by atomic mass is 9.92. The van der Waals surface area contributed by atoms with E-state index in [0.717, 1.165) is 69.5 Å². The Hall–Kier alpha value is -1.75. The number of aryl methyl sites for hydroxylation is 2. The Balaban J connectivity index is 1.67. The summed E-state index contributed by atoms with van der Waals surface area (Å²) in [5, 5.41) is 4.94. The second kappa shape index (κ2) is 7.58. The third-order valence-corrected chi connectivity index (χ3v) is 6.70. The maximum atomic E-state index is 12.4. The molecule has 0 bridgehead atoms. The van der Waals surface area contributed by atoms with Crippen molar-refractivity contribution in [3.63, 3.8) is 0 Å². The summed E-state index contributed by atoms with van der Waals surface area (Å²) < 4.78 is 0. The lowest BCUT2D eigenvalue weighted by molar-refractivity contribution is 0.244. The maximum absolute atomic E-state index is 12.4. The summed E-state index contributed by atoms with van der Waals surface area (Å²) in [7, 11) is 0. The van der Waals surface area contributed by atoms with Gasteiger partial charge in [-0.15, -0.1) is 0 Å². The molecule has 4 rings (SSSR count). The number of nitrogens with one attached hydrogen (secondary N) is 2. The van der Waals surface area contributed by atoms with E-state index < -0.39 is 0 Å². The summed E-state index contributed by atoms with van der Waals surface area (Å²) >= 11 is 13.5. The van der Waals surface area contributed by atoms with Crippen LogP contribution in [0.25, 0.3) is 5.57 Å². The predicted octanol–water partition coefficient (Wildman–Crippen LogP) is 4.58. The fraction of sp³-hybridized carbons (Fsp3) is 0.409. The molecule has 0 unspecified atom stereocenters. The number of benzene rings is 1. The highest BCUT2D eigenvalue weighted by atomic mass is 35.5. The first-order chi connectivity index (χ1) is 13.3. The lowest BCUT2D eigenvalue weighted by Crippen LogP contribution is -2.33. The molecule has 28 heavy (non-hydrogen) atoms. The van der Waals surface area contributed by atoms with Gasteiger partial charge in [0.25, 0.3) is 5.56 Å². The number of nitrogens with zero attached hydrogens (tertiary/aromatic N) is 1. The zero-order valence-electron chi connectivity index (χ0n) is 16.5. The van der Waals surface area contributed by atoms with Crippen LogP contribution in [-0.4, -0.2) is 23.0 Å². The molecule has 2 aromatic rings. The van der Waals surface area contributed by atoms with Gasteiger partial charge < -0.3 is 10.3 Å². The highest BCUT2D eigenvalue weighted by Gasteiger charge is 2.25. The van der Waals surface area contributed by atoms with Crippen LogP contribution < -0.4 is 10.9 Å². The first kappa shape index (κ1) is 19.6. The van der Waals surface area contributed by atoms with Crippen molar-refractivity contribution in [2.24, 2.45) is 0 Å². The Kier molecular flexibility index (Phi) is 5.30. The van der Waals surface area contributed by atoms with Crippen LogP contribution in [0.5, 0.6) is 0 Å². The molecule has 0 saturated carbocycles. The fourth-order valence-corrected chi connectivity index (χ4v) is 4.85. The van der Waals surface area contributed by atoms with Crippen molar-refractivity contribution in [1.29, 1.82) is 0 Å². The van der Waals surface area contributed by atoms with E-state index in [9.17, 15) is 4.79 Å². The Bertz CT molecular complexity index is 1030. The van der Waals surface area contributed by atoms with Crippen molar-refractivity contribution in [2.75, 3.05) is 13.1 Å². The molecule has 2 aliphatic rings. The second-order valence-electron chi connectivity index (χ2n) is 7.86. The molecular formula is C22H25Cl2N3O. The number of H-pyrrole nitrogens is 1. The van der Waals surface area contributed by atoms with E-state index in [-0.39, 0.29) is 5.56 Å². The number of aromatic nitrogens is 1. The predicted molar refractivity (Wildman–Crippen MR) is 116 cm³/mol. The molecule has 2 aliphatic heterocycles. The average molecular weight is 418 g/mol. The van der Waals surface area contributed by atoms with Crippen LogP contribution in [0.3, 0.4) is 0 Å². The Morgan fingerprint density at radius 1 is 1.18 bits per heavy atom. The number of hydrogen-bond acceptors (Lipinski definition) is 3. The number of hydrogen-bond donors (Lipinski definition) is 2. The third kappa shape index (κ3) is 3.49. The minimum Gasteiger partial charge on any atom is -0.388 e. The molecule has 0 aliphatic carbocycles. The van der Waals surface area contributed by atoms with Gasteiger partial charge in [-0.3, -0.25) is 9.69 Å². The molecule has 4 nitrogen and oxygen atoms in total. The van der Waals surface area contributed by atoms with E-state index in [1.165, 1.54) is 11.3 Å². The molecule has 0 radical (unpaired) electrons. The van der Waals surface area contributed by atoms with Crippen LogP contribution in [0.4, 0.5) is 0 Å². The van der Waals surface area contributed by atoms with E-state index in [1.54, 1.807) is 0 Å². The van der Waals surface area contributed by atoms with E-state index in [2.05, 4.69) is 22.1 Å². The second-order valence-corrected chi connectivity index (χ2v) is 8.65. The Labute approximate surface area is 175 Å². The SMILES string of the molecule is CC(=C1CCN1)c1cc(Cl)c2c(c1Cl)CN(Cc1c(C)cc(C)[nH]c1=O)CC2. The van der Waals surface area contributed by atoms with Crippen molar-refractivity contribution in [2.45, 2.75) is 46.7 Å². The van der Waals surface area contributed by atoms with E-state index in [4.69, 9.17) is 23.2 Å². The van der Waals surface area contributed by atoms with E-state index in [0.29, 0.717) is 13.1 Å². The van der Waals surface area contributed by atoms with Crippen LogP contribution >= 0.6 is 23.2 Å². The normalized spacial score (nSPS) is 18.3. The van der Waals surface area contributed by atoms with Gasteiger partial charge in [0.1, 0.15) is 0 Å². The number of pyridine rings is 1. The molecular weight excluding hydrogens is 393 g/mol. The quantitative estimate of drug-likeness (QED) is 0.767. The number of allylic oxidation sites excluding steroid dienone is 1. The van der Waals surface area contributed by atoms with Gasteiger partial charge in [-0.25, -0.2) is 0 Å². The molecule has 2 N–H and O–H groups in total. The summed E-state index contributed by atoms with van der Waals surface area (Å²) in [5.74, 6) is 0. The van der Waals surface area contributed by atoms with Crippen molar-refractivity contribution >= 4 is 28.8 Å². The molecule has 3 heterocycles. The first-order valence-corrected chi connectivity index (χ1v) is 10.5. The molecule has 0 amide bonds. The smallest absolute Gasteiger partial charge is 0.252 e. The fourth-order valence-electron chi connectivity index (χ4n) is 4.17. The van der Waals surface area contributed by atoms with Gasteiger partial charge in [-0.05, 0) is 67.2 Å². The van der Waals surface area contributed by atoms with Crippen LogP contribution in [0.1, 0.15) is 46.9 Å². The standard InChI is InChI=1S/C22H25Cl2N3O/c1-12-8-13(2)26-22(28)17(12)10-27-7-5-15-18(11-27)21(24)16(9-19(15)23)14(3)20-4-6-25-20/h8-9,25H,4-7,10-11H2,1-3H3,(H,26,28). The monoisotopic (exact) mass is 417 g/mol. The van der Waals surface area contributed by atoms with Crippen molar-refractivity contribution < 1.29 is 0 Å². The molecule has 148 valence electrons. The molecule has 0 spiro atoms. The van der Waals surface area contributed by atoms with Crippen molar-refractivity contribution in [3.05, 3.63) is 71.7 Å². The molecule has 0 atom stereocenters. The zero-order chi connectivity index (χ0) is 20.0. The molecule has 1 fully saturated rings. The van der Waals surface area contributed by atoms with Crippen LogP contribution in [-0.2, 0) is 19.5 Å². The van der Waals surface area contributed by atoms with Gasteiger partial charge >= 0.3 is 0 Å². The minimum atomic E-state index is -0.00203. The average Bonchev–Trinajstić information content (AvgIpc) is 2.59. The summed E-state index contributed by atoms with van der Waals surface area (Å²) in [6, 6.07) is 4.04. The van der Waals surface area contributed by atoms with Gasteiger partial charge in [0, 0.05) is 54.6 Å². The van der Waals surface area contributed by atoms with E-state index >= 15 is 0 Å². The van der Waals surface area contributed by atoms with Crippen LogP contribution in [0.15, 0.2) is 22.6 Å². The zero-order valence-corrected chi connectivity index (χ0v) is 18.0. The molecule has 6 heteroatoms. The number of halogens is 2. The van der Waals surface area contributed by atoms with Crippen molar-refractivity contribution in [3.8, 4) is 0 Å². The van der Waals surface area contributed by atoms with Gasteiger partial charge in [-0.1, -0.05) is 23.2 Å². The van der Waals surface area contributed by atoms with Gasteiger partial charge in [0.05, 0.1) is 5.02 Å². The van der Waals surface area contributed by atoms with Crippen LogP contribution in [0.2, 0.25) is 10.0 Å². The summed E-state index contributed by atoms with van der Waals surface area (Å²) in [6.45, 7) is 9.19. The molecule has 1 aromatic carbocycles. The highest BCUT2D eigenvalue weighted by Crippen LogP contribution is 2.39. The Morgan fingerprint density at radius 3 is 2.57 bits per heavy atom. The van der Waals surface area contributed by atoms with Crippen LogP contribution in [0, 0.1) is 13.8 Å². The lowest BCUT2D eigenvalue weighted by Gasteiger charge is -2.31. The van der Waals surface area contributed by atoms with Gasteiger partial charge in [0.15, 0.2) is 0 Å². The first-order valence-electron chi connectivity index (χ1n) is 9.70. The number of aromatic amines is 1. The topological polar surface area (TPSA) is 48.1 Å². The molecule has 1 saturated heterocycles. The minimum absolute atomic E-state index is 0.00203. The van der Waals surface area contributed by atoms with Gasteiger partial charge in [0.2, 0.25) is 0 Å². The number of rotatable bonds is 3.